The number of carbonyl (C=O) groups excluding carboxylic acids is 1. The van der Waals surface area contributed by atoms with Gasteiger partial charge in [0.05, 0.1) is 0 Å². The number of hydrogen-bond donors (Lipinski definition) is 0. The molecule has 36 heavy (non-hydrogen) atoms. The Balaban J connectivity index is 1.46. The molecule has 188 valence electrons. The van der Waals surface area contributed by atoms with Crippen molar-refractivity contribution in [3.63, 3.8) is 0 Å². The minimum atomic E-state index is -0.428. The normalized spacial score (nSPS) is 15.4. The largest absolute Gasteiger partial charge is 0.486 e. The van der Waals surface area contributed by atoms with E-state index in [1.54, 1.807) is 9.47 Å². The van der Waals surface area contributed by atoms with Crippen molar-refractivity contribution in [2.45, 2.75) is 32.9 Å². The van der Waals surface area contributed by atoms with Crippen LogP contribution in [0, 0.1) is 0 Å². The van der Waals surface area contributed by atoms with Gasteiger partial charge in [-0.05, 0) is 38.0 Å². The molecule has 0 bridgehead atoms. The maximum absolute atomic E-state index is 13.0. The highest BCUT2D eigenvalue weighted by molar-refractivity contribution is 5.79. The van der Waals surface area contributed by atoms with Crippen LogP contribution in [0.4, 0.5) is 0 Å². The van der Waals surface area contributed by atoms with Crippen LogP contribution < -0.4 is 24.6 Å². The first kappa shape index (κ1) is 23.7. The van der Waals surface area contributed by atoms with Gasteiger partial charge in [-0.25, -0.2) is 4.79 Å². The Bertz CT molecular complexity index is 1320. The van der Waals surface area contributed by atoms with Gasteiger partial charge in [-0.2, -0.15) is 4.98 Å². The number of aryl methyl sites for hydroxylation is 1. The Kier molecular flexibility index (Phi) is 6.79. The van der Waals surface area contributed by atoms with Gasteiger partial charge >= 0.3 is 5.69 Å². The fourth-order valence-corrected chi connectivity index (χ4v) is 4.54. The quantitative estimate of drug-likeness (QED) is 0.478. The van der Waals surface area contributed by atoms with E-state index < -0.39 is 11.8 Å². The molecule has 3 aromatic rings. The molecule has 2 aliphatic rings. The number of aromatic nitrogens is 2. The smallest absolute Gasteiger partial charge is 0.351 e. The first-order chi connectivity index (χ1) is 17.6. The van der Waals surface area contributed by atoms with Crippen LogP contribution in [-0.2, 0) is 17.8 Å². The van der Waals surface area contributed by atoms with Crippen LogP contribution in [0.1, 0.15) is 19.4 Å². The van der Waals surface area contributed by atoms with Crippen molar-refractivity contribution in [3.05, 3.63) is 64.6 Å². The molecular formula is C27H29N3O6. The third-order valence-electron chi connectivity index (χ3n) is 6.41. The molecule has 2 aromatic carbocycles. The summed E-state index contributed by atoms with van der Waals surface area (Å²) in [5, 5.41) is 0. The predicted molar refractivity (Wildman–Crippen MR) is 133 cm³/mol. The molecule has 5 rings (SSSR count). The number of amides is 1. The van der Waals surface area contributed by atoms with Gasteiger partial charge in [-0.3, -0.25) is 9.36 Å². The van der Waals surface area contributed by atoms with Gasteiger partial charge in [0, 0.05) is 25.2 Å². The summed E-state index contributed by atoms with van der Waals surface area (Å²) in [6.07, 6.45) is 0.299. The summed E-state index contributed by atoms with van der Waals surface area (Å²) in [5.41, 5.74) is 2.10. The summed E-state index contributed by atoms with van der Waals surface area (Å²) in [7, 11) is 0. The summed E-state index contributed by atoms with van der Waals surface area (Å²) in [5.74, 6) is 1.47. The maximum Gasteiger partial charge on any atom is 0.351 e. The van der Waals surface area contributed by atoms with Crippen LogP contribution in [0.2, 0.25) is 0 Å². The minimum absolute atomic E-state index is 0.0396. The molecule has 1 atom stereocenters. The SMILES string of the molecule is CCN(CC)C(=O)COc1c(OCC2COc3ccccc3O2)nc(=O)n2c1-c1ccccc1CC2. The van der Waals surface area contributed by atoms with E-state index in [4.69, 9.17) is 18.9 Å². The van der Waals surface area contributed by atoms with Gasteiger partial charge in [0.15, 0.2) is 24.2 Å². The van der Waals surface area contributed by atoms with E-state index in [1.165, 1.54) is 0 Å². The lowest BCUT2D eigenvalue weighted by molar-refractivity contribution is -0.133. The van der Waals surface area contributed by atoms with Crippen molar-refractivity contribution in [3.8, 4) is 34.4 Å². The van der Waals surface area contributed by atoms with Crippen LogP contribution in [0.15, 0.2) is 53.3 Å². The number of rotatable bonds is 8. The average molecular weight is 492 g/mol. The second-order valence-electron chi connectivity index (χ2n) is 8.60. The standard InChI is InChI=1S/C27H29N3O6/c1-3-29(4-2)23(31)17-34-25-24-20-10-6-5-9-18(20)13-14-30(24)27(32)28-26(25)35-16-19-15-33-21-11-7-8-12-22(21)36-19/h5-12,19H,3-4,13-17H2,1-2H3. The van der Waals surface area contributed by atoms with E-state index in [2.05, 4.69) is 4.98 Å². The van der Waals surface area contributed by atoms with Crippen molar-refractivity contribution in [1.82, 2.24) is 14.5 Å². The second kappa shape index (κ2) is 10.3. The number of ether oxygens (including phenoxy) is 4. The first-order valence-electron chi connectivity index (χ1n) is 12.2. The number of hydrogen-bond acceptors (Lipinski definition) is 7. The molecule has 0 saturated carbocycles. The molecule has 0 N–H and O–H groups in total. The second-order valence-corrected chi connectivity index (χ2v) is 8.60. The fraction of sp³-hybridized carbons (Fsp3) is 0.370. The van der Waals surface area contributed by atoms with Crippen molar-refractivity contribution in [2.75, 3.05) is 32.9 Å². The third kappa shape index (κ3) is 4.60. The molecule has 9 nitrogen and oxygen atoms in total. The van der Waals surface area contributed by atoms with E-state index in [0.29, 0.717) is 49.9 Å². The lowest BCUT2D eigenvalue weighted by Crippen LogP contribution is -2.36. The van der Waals surface area contributed by atoms with Gasteiger partial charge < -0.3 is 23.8 Å². The van der Waals surface area contributed by atoms with Crippen molar-refractivity contribution < 1.29 is 23.7 Å². The first-order valence-corrected chi connectivity index (χ1v) is 12.2. The Hall–Kier alpha value is -4.01. The number of nitrogens with zero attached hydrogens (tertiary/aromatic N) is 3. The van der Waals surface area contributed by atoms with Crippen molar-refractivity contribution >= 4 is 5.91 Å². The highest BCUT2D eigenvalue weighted by Gasteiger charge is 2.28. The van der Waals surface area contributed by atoms with Crippen LogP contribution in [0.3, 0.4) is 0 Å². The number of likely N-dealkylation sites (N-methyl/N-ethyl adjacent to an activating group) is 1. The Morgan fingerprint density at radius 3 is 2.64 bits per heavy atom. The highest BCUT2D eigenvalue weighted by atomic mass is 16.6. The van der Waals surface area contributed by atoms with E-state index in [-0.39, 0.29) is 30.8 Å². The molecule has 0 saturated heterocycles. The summed E-state index contributed by atoms with van der Waals surface area (Å²) in [6.45, 7) is 5.65. The zero-order valence-corrected chi connectivity index (χ0v) is 20.4. The van der Waals surface area contributed by atoms with Gasteiger partial charge in [0.1, 0.15) is 18.9 Å². The lowest BCUT2D eigenvalue weighted by Gasteiger charge is -2.28. The molecule has 0 radical (unpaired) electrons. The van der Waals surface area contributed by atoms with Crippen LogP contribution in [-0.4, -0.2) is 59.4 Å². The number of para-hydroxylation sites is 2. The van der Waals surface area contributed by atoms with E-state index in [1.807, 2.05) is 62.4 Å². The number of carbonyl (C=O) groups is 1. The van der Waals surface area contributed by atoms with Gasteiger partial charge in [0.25, 0.3) is 11.8 Å². The Labute approximate surface area is 209 Å². The minimum Gasteiger partial charge on any atom is -0.486 e. The Morgan fingerprint density at radius 1 is 1.08 bits per heavy atom. The molecule has 1 aromatic heterocycles. The van der Waals surface area contributed by atoms with E-state index in [0.717, 1.165) is 11.1 Å². The summed E-state index contributed by atoms with van der Waals surface area (Å²) in [6, 6.07) is 15.3. The van der Waals surface area contributed by atoms with Crippen LogP contribution >= 0.6 is 0 Å². The zero-order valence-electron chi connectivity index (χ0n) is 20.4. The van der Waals surface area contributed by atoms with Crippen LogP contribution in [0.25, 0.3) is 11.3 Å². The molecular weight excluding hydrogens is 462 g/mol. The number of benzene rings is 2. The van der Waals surface area contributed by atoms with E-state index >= 15 is 0 Å². The monoisotopic (exact) mass is 491 g/mol. The molecule has 9 heteroatoms. The molecule has 1 unspecified atom stereocenters. The highest BCUT2D eigenvalue weighted by Crippen LogP contribution is 2.40. The van der Waals surface area contributed by atoms with E-state index in [9.17, 15) is 9.59 Å². The summed E-state index contributed by atoms with van der Waals surface area (Å²) in [4.78, 5) is 31.6. The predicted octanol–water partition coefficient (Wildman–Crippen LogP) is 2.93. The summed E-state index contributed by atoms with van der Waals surface area (Å²) >= 11 is 0. The zero-order chi connectivity index (χ0) is 25.1. The maximum atomic E-state index is 13.0. The molecule has 0 fully saturated rings. The van der Waals surface area contributed by atoms with Gasteiger partial charge in [-0.15, -0.1) is 0 Å². The topological polar surface area (TPSA) is 92.1 Å². The molecule has 1 amide bonds. The molecule has 0 aliphatic carbocycles. The van der Waals surface area contributed by atoms with Crippen molar-refractivity contribution in [1.29, 1.82) is 0 Å². The van der Waals surface area contributed by atoms with Crippen molar-refractivity contribution in [2.24, 2.45) is 0 Å². The fourth-order valence-electron chi connectivity index (χ4n) is 4.54. The van der Waals surface area contributed by atoms with Gasteiger partial charge in [0.2, 0.25) is 5.75 Å². The molecule has 2 aliphatic heterocycles. The van der Waals surface area contributed by atoms with Crippen LogP contribution in [0.5, 0.6) is 23.1 Å². The molecule has 0 spiro atoms. The summed E-state index contributed by atoms with van der Waals surface area (Å²) < 4.78 is 25.4. The van der Waals surface area contributed by atoms with Gasteiger partial charge in [-0.1, -0.05) is 36.4 Å². The molecule has 3 heterocycles. The average Bonchev–Trinajstić information content (AvgIpc) is 2.91. The third-order valence-corrected chi connectivity index (χ3v) is 6.41. The lowest BCUT2D eigenvalue weighted by atomic mass is 9.97. The number of fused-ring (bicyclic) bond motifs is 4. The Morgan fingerprint density at radius 2 is 1.83 bits per heavy atom.